The van der Waals surface area contributed by atoms with E-state index in [1.54, 1.807) is 17.4 Å². The number of benzene rings is 2. The van der Waals surface area contributed by atoms with Gasteiger partial charge >= 0.3 is 0 Å². The van der Waals surface area contributed by atoms with E-state index in [9.17, 15) is 9.18 Å². The van der Waals surface area contributed by atoms with Gasteiger partial charge in [-0.25, -0.2) is 9.37 Å². The van der Waals surface area contributed by atoms with E-state index in [2.05, 4.69) is 6.07 Å². The smallest absolute Gasteiger partial charge is 0.263 e. The van der Waals surface area contributed by atoms with Crippen molar-refractivity contribution in [2.45, 2.75) is 18.8 Å². The first-order chi connectivity index (χ1) is 13.2. The quantitative estimate of drug-likeness (QED) is 0.437. The SMILES string of the molecule is O=C(c1cc2cc(F)ccc2s1)N1CCC[C@@H](c2nc3ccccc3s2)C1. The number of amides is 1. The van der Waals surface area contributed by atoms with E-state index in [-0.39, 0.29) is 17.6 Å². The zero-order chi connectivity index (χ0) is 18.4. The minimum atomic E-state index is -0.270. The van der Waals surface area contributed by atoms with Crippen molar-refractivity contribution in [1.82, 2.24) is 9.88 Å². The zero-order valence-electron chi connectivity index (χ0n) is 14.5. The Hall–Kier alpha value is -2.31. The number of hydrogen-bond acceptors (Lipinski definition) is 4. The summed E-state index contributed by atoms with van der Waals surface area (Å²) in [4.78, 5) is 20.4. The van der Waals surface area contributed by atoms with Crippen LogP contribution in [0.25, 0.3) is 20.3 Å². The molecule has 2 aromatic carbocycles. The summed E-state index contributed by atoms with van der Waals surface area (Å²) in [5.41, 5.74) is 1.03. The van der Waals surface area contributed by atoms with Gasteiger partial charge in [-0.05, 0) is 54.6 Å². The van der Waals surface area contributed by atoms with Gasteiger partial charge in [-0.15, -0.1) is 22.7 Å². The van der Waals surface area contributed by atoms with Crippen LogP contribution < -0.4 is 0 Å². The first-order valence-corrected chi connectivity index (χ1v) is 10.6. The largest absolute Gasteiger partial charge is 0.337 e. The van der Waals surface area contributed by atoms with Crippen molar-refractivity contribution in [1.29, 1.82) is 0 Å². The van der Waals surface area contributed by atoms with Crippen LogP contribution >= 0.6 is 22.7 Å². The van der Waals surface area contributed by atoms with Gasteiger partial charge < -0.3 is 4.90 Å². The van der Waals surface area contributed by atoms with E-state index >= 15 is 0 Å². The van der Waals surface area contributed by atoms with Crippen LogP contribution in [0, 0.1) is 5.82 Å². The summed E-state index contributed by atoms with van der Waals surface area (Å²) in [6.45, 7) is 1.46. The van der Waals surface area contributed by atoms with Crippen molar-refractivity contribution >= 4 is 48.9 Å². The number of aromatic nitrogens is 1. The fraction of sp³-hybridized carbons (Fsp3) is 0.238. The molecule has 3 nitrogen and oxygen atoms in total. The second-order valence-corrected chi connectivity index (χ2v) is 9.05. The van der Waals surface area contributed by atoms with Gasteiger partial charge in [0.05, 0.1) is 20.1 Å². The lowest BCUT2D eigenvalue weighted by Gasteiger charge is -2.31. The molecule has 5 rings (SSSR count). The predicted molar refractivity (Wildman–Crippen MR) is 109 cm³/mol. The van der Waals surface area contributed by atoms with E-state index in [1.807, 2.05) is 29.2 Å². The lowest BCUT2D eigenvalue weighted by atomic mass is 9.98. The van der Waals surface area contributed by atoms with Crippen LogP contribution in [-0.2, 0) is 0 Å². The molecule has 4 aromatic rings. The van der Waals surface area contributed by atoms with Crippen LogP contribution in [0.2, 0.25) is 0 Å². The molecule has 0 radical (unpaired) electrons. The maximum absolute atomic E-state index is 13.4. The van der Waals surface area contributed by atoms with Crippen molar-refractivity contribution in [2.24, 2.45) is 0 Å². The molecular weight excluding hydrogens is 379 g/mol. The van der Waals surface area contributed by atoms with Crippen molar-refractivity contribution in [2.75, 3.05) is 13.1 Å². The van der Waals surface area contributed by atoms with Crippen molar-refractivity contribution < 1.29 is 9.18 Å². The van der Waals surface area contributed by atoms with Crippen LogP contribution in [0.4, 0.5) is 4.39 Å². The number of nitrogens with zero attached hydrogens (tertiary/aromatic N) is 2. The summed E-state index contributed by atoms with van der Waals surface area (Å²) in [7, 11) is 0. The number of para-hydroxylation sites is 1. The molecule has 6 heteroatoms. The average molecular weight is 397 g/mol. The Morgan fingerprint density at radius 3 is 2.89 bits per heavy atom. The predicted octanol–water partition coefficient (Wildman–Crippen LogP) is 5.67. The van der Waals surface area contributed by atoms with E-state index in [0.29, 0.717) is 11.4 Å². The van der Waals surface area contributed by atoms with Crippen molar-refractivity contribution in [3.63, 3.8) is 0 Å². The topological polar surface area (TPSA) is 33.2 Å². The first-order valence-electron chi connectivity index (χ1n) is 9.01. The molecule has 1 fully saturated rings. The van der Waals surface area contributed by atoms with Gasteiger partial charge in [0.25, 0.3) is 5.91 Å². The standard InChI is InChI=1S/C21H17FN2OS2/c22-15-7-8-17-14(10-15)11-19(26-17)21(25)24-9-3-4-13(12-24)20-23-16-5-1-2-6-18(16)27-20/h1-2,5-8,10-11,13H,3-4,9,12H2/t13-/m1/s1. The molecule has 0 unspecified atom stereocenters. The van der Waals surface area contributed by atoms with Crippen LogP contribution in [-0.4, -0.2) is 28.9 Å². The third kappa shape index (κ3) is 3.13. The maximum atomic E-state index is 13.4. The number of fused-ring (bicyclic) bond motifs is 2. The number of carbonyl (C=O) groups excluding carboxylic acids is 1. The number of likely N-dealkylation sites (tertiary alicyclic amines) is 1. The van der Waals surface area contributed by atoms with E-state index in [4.69, 9.17) is 4.98 Å². The monoisotopic (exact) mass is 396 g/mol. The van der Waals surface area contributed by atoms with Crippen molar-refractivity contribution in [3.05, 3.63) is 64.2 Å². The lowest BCUT2D eigenvalue weighted by Crippen LogP contribution is -2.38. The summed E-state index contributed by atoms with van der Waals surface area (Å²) in [6, 6.07) is 14.7. The van der Waals surface area contributed by atoms with E-state index in [0.717, 1.165) is 40.0 Å². The van der Waals surface area contributed by atoms with Gasteiger partial charge in [0, 0.05) is 23.7 Å². The number of halogens is 1. The number of thiophene rings is 1. The highest BCUT2D eigenvalue weighted by Gasteiger charge is 2.28. The number of rotatable bonds is 2. The summed E-state index contributed by atoms with van der Waals surface area (Å²) in [6.07, 6.45) is 2.03. The molecule has 2 aromatic heterocycles. The minimum absolute atomic E-state index is 0.0439. The molecule has 0 spiro atoms. The molecule has 1 aliphatic rings. The van der Waals surface area contributed by atoms with Crippen LogP contribution in [0.3, 0.4) is 0 Å². The minimum Gasteiger partial charge on any atom is -0.337 e. The van der Waals surface area contributed by atoms with Gasteiger partial charge in [-0.2, -0.15) is 0 Å². The van der Waals surface area contributed by atoms with Gasteiger partial charge in [0.2, 0.25) is 0 Å². The second kappa shape index (κ2) is 6.69. The zero-order valence-corrected chi connectivity index (χ0v) is 16.2. The Morgan fingerprint density at radius 1 is 1.11 bits per heavy atom. The Balaban J connectivity index is 1.40. The van der Waals surface area contributed by atoms with Crippen LogP contribution in [0.15, 0.2) is 48.5 Å². The Bertz CT molecular complexity index is 1120. The van der Waals surface area contributed by atoms with Crippen molar-refractivity contribution in [3.8, 4) is 0 Å². The van der Waals surface area contributed by atoms with Crippen LogP contribution in [0.5, 0.6) is 0 Å². The van der Waals surface area contributed by atoms with Gasteiger partial charge in [-0.1, -0.05) is 12.1 Å². The van der Waals surface area contributed by atoms with Gasteiger partial charge in [0.1, 0.15) is 5.82 Å². The maximum Gasteiger partial charge on any atom is 0.263 e. The van der Waals surface area contributed by atoms with Crippen LogP contribution in [0.1, 0.15) is 33.4 Å². The Kier molecular flexibility index (Phi) is 4.17. The highest BCUT2D eigenvalue weighted by atomic mass is 32.1. The van der Waals surface area contributed by atoms with Gasteiger partial charge in [-0.3, -0.25) is 4.79 Å². The summed E-state index contributed by atoms with van der Waals surface area (Å²) in [5, 5.41) is 1.91. The third-order valence-electron chi connectivity index (χ3n) is 5.06. The molecule has 0 N–H and O–H groups in total. The fourth-order valence-corrected chi connectivity index (χ4v) is 5.81. The third-order valence-corrected chi connectivity index (χ3v) is 7.36. The average Bonchev–Trinajstić information content (AvgIpc) is 3.31. The Morgan fingerprint density at radius 2 is 2.00 bits per heavy atom. The molecule has 1 saturated heterocycles. The number of piperidine rings is 1. The lowest BCUT2D eigenvalue weighted by molar-refractivity contribution is 0.0712. The first kappa shape index (κ1) is 16.8. The fourth-order valence-electron chi connectivity index (χ4n) is 3.70. The summed E-state index contributed by atoms with van der Waals surface area (Å²) >= 11 is 3.17. The normalized spacial score (nSPS) is 17.7. The molecule has 3 heterocycles. The molecule has 1 amide bonds. The molecule has 136 valence electrons. The van der Waals surface area contributed by atoms with E-state index < -0.39 is 0 Å². The van der Waals surface area contributed by atoms with Gasteiger partial charge in [0.15, 0.2) is 0 Å². The summed E-state index contributed by atoms with van der Waals surface area (Å²) in [5.74, 6) is 0.0579. The molecule has 0 bridgehead atoms. The molecule has 1 aliphatic heterocycles. The Labute approximate surface area is 164 Å². The highest BCUT2D eigenvalue weighted by Crippen LogP contribution is 2.34. The molecule has 27 heavy (non-hydrogen) atoms. The number of carbonyl (C=O) groups is 1. The molecule has 0 aliphatic carbocycles. The highest BCUT2D eigenvalue weighted by molar-refractivity contribution is 7.20. The number of thiazole rings is 1. The molecular formula is C21H17FN2OS2. The second-order valence-electron chi connectivity index (χ2n) is 6.90. The van der Waals surface area contributed by atoms with E-state index in [1.165, 1.54) is 28.2 Å². The summed E-state index contributed by atoms with van der Waals surface area (Å²) < 4.78 is 15.6. The molecule has 1 atom stereocenters. The molecule has 0 saturated carbocycles. The number of hydrogen-bond donors (Lipinski definition) is 0.